The van der Waals surface area contributed by atoms with E-state index in [2.05, 4.69) is 11.7 Å². The zero-order valence-electron chi connectivity index (χ0n) is 13.8. The molecule has 7 heteroatoms. The zero-order chi connectivity index (χ0) is 18.0. The molecule has 1 aromatic carbocycles. The van der Waals surface area contributed by atoms with Gasteiger partial charge in [0.15, 0.2) is 17.9 Å². The van der Waals surface area contributed by atoms with Crippen LogP contribution in [0.25, 0.3) is 5.57 Å². The van der Waals surface area contributed by atoms with E-state index in [1.165, 1.54) is 6.07 Å². The second kappa shape index (κ2) is 7.33. The van der Waals surface area contributed by atoms with Crippen molar-refractivity contribution >= 4 is 5.57 Å². The SMILES string of the molecule is CC1COC(C2CC=C(c3ccc(OC(F)(F)F)c(F)c3)CC2)OC1. The van der Waals surface area contributed by atoms with Crippen LogP contribution < -0.4 is 4.74 Å². The Morgan fingerprint density at radius 3 is 2.44 bits per heavy atom. The molecule has 1 aliphatic heterocycles. The molecular weight excluding hydrogens is 340 g/mol. The number of allylic oxidation sites excluding steroid dienone is 2. The Kier molecular flexibility index (Phi) is 5.34. The maximum Gasteiger partial charge on any atom is 0.573 e. The molecule has 1 saturated heterocycles. The third-order valence-electron chi connectivity index (χ3n) is 4.45. The third-order valence-corrected chi connectivity index (χ3v) is 4.45. The summed E-state index contributed by atoms with van der Waals surface area (Å²) in [6, 6.07) is 3.55. The first-order chi connectivity index (χ1) is 11.8. The van der Waals surface area contributed by atoms with Crippen LogP contribution in [-0.4, -0.2) is 25.9 Å². The molecule has 0 aromatic heterocycles. The largest absolute Gasteiger partial charge is 0.573 e. The molecule has 138 valence electrons. The molecule has 1 heterocycles. The molecule has 1 aliphatic carbocycles. The fourth-order valence-corrected chi connectivity index (χ4v) is 3.16. The van der Waals surface area contributed by atoms with Crippen molar-refractivity contribution in [3.8, 4) is 5.75 Å². The van der Waals surface area contributed by atoms with Crippen LogP contribution in [0.5, 0.6) is 5.75 Å². The maximum atomic E-state index is 13.8. The Balaban J connectivity index is 1.64. The predicted molar refractivity (Wildman–Crippen MR) is 83.3 cm³/mol. The first kappa shape index (κ1) is 18.2. The van der Waals surface area contributed by atoms with Crippen molar-refractivity contribution in [2.24, 2.45) is 11.8 Å². The number of rotatable bonds is 3. The van der Waals surface area contributed by atoms with Gasteiger partial charge >= 0.3 is 6.36 Å². The van der Waals surface area contributed by atoms with Gasteiger partial charge in [-0.05, 0) is 42.5 Å². The van der Waals surface area contributed by atoms with Gasteiger partial charge < -0.3 is 14.2 Å². The van der Waals surface area contributed by atoms with Crippen molar-refractivity contribution in [2.45, 2.75) is 38.8 Å². The Morgan fingerprint density at radius 2 is 1.88 bits per heavy atom. The van der Waals surface area contributed by atoms with Gasteiger partial charge in [-0.15, -0.1) is 13.2 Å². The summed E-state index contributed by atoms with van der Waals surface area (Å²) in [4.78, 5) is 0. The molecule has 1 aromatic rings. The van der Waals surface area contributed by atoms with Crippen LogP contribution in [0.15, 0.2) is 24.3 Å². The van der Waals surface area contributed by atoms with Gasteiger partial charge in [-0.1, -0.05) is 19.1 Å². The van der Waals surface area contributed by atoms with Crippen molar-refractivity contribution in [3.05, 3.63) is 35.7 Å². The van der Waals surface area contributed by atoms with Crippen molar-refractivity contribution in [3.63, 3.8) is 0 Å². The summed E-state index contributed by atoms with van der Waals surface area (Å²) in [5, 5.41) is 0. The first-order valence-electron chi connectivity index (χ1n) is 8.30. The summed E-state index contributed by atoms with van der Waals surface area (Å²) >= 11 is 0. The zero-order valence-corrected chi connectivity index (χ0v) is 13.8. The quantitative estimate of drug-likeness (QED) is 0.717. The number of hydrogen-bond acceptors (Lipinski definition) is 3. The van der Waals surface area contributed by atoms with E-state index in [9.17, 15) is 17.6 Å². The summed E-state index contributed by atoms with van der Waals surface area (Å²) in [7, 11) is 0. The fourth-order valence-electron chi connectivity index (χ4n) is 3.16. The summed E-state index contributed by atoms with van der Waals surface area (Å²) in [5.74, 6) is -1.20. The molecule has 25 heavy (non-hydrogen) atoms. The maximum absolute atomic E-state index is 13.8. The van der Waals surface area contributed by atoms with Crippen LogP contribution in [0.2, 0.25) is 0 Å². The Morgan fingerprint density at radius 1 is 1.16 bits per heavy atom. The Bertz CT molecular complexity index is 634. The lowest BCUT2D eigenvalue weighted by atomic mass is 9.86. The highest BCUT2D eigenvalue weighted by Gasteiger charge is 2.33. The lowest BCUT2D eigenvalue weighted by Gasteiger charge is -2.34. The van der Waals surface area contributed by atoms with Crippen LogP contribution in [0.4, 0.5) is 17.6 Å². The van der Waals surface area contributed by atoms with E-state index in [-0.39, 0.29) is 12.2 Å². The molecule has 0 N–H and O–H groups in total. The number of halogens is 4. The minimum Gasteiger partial charge on any atom is -0.403 e. The average Bonchev–Trinajstić information content (AvgIpc) is 2.56. The molecular formula is C18H20F4O3. The van der Waals surface area contributed by atoms with E-state index in [0.717, 1.165) is 30.5 Å². The normalized spacial score (nSPS) is 27.7. The van der Waals surface area contributed by atoms with Gasteiger partial charge in [-0.2, -0.15) is 0 Å². The molecule has 1 fully saturated rings. The molecule has 0 spiro atoms. The minimum absolute atomic E-state index is 0.215. The van der Waals surface area contributed by atoms with Gasteiger partial charge in [0.05, 0.1) is 13.2 Å². The minimum atomic E-state index is -4.91. The Labute approximate surface area is 143 Å². The second-order valence-corrected chi connectivity index (χ2v) is 6.60. The van der Waals surface area contributed by atoms with Crippen molar-refractivity contribution in [1.29, 1.82) is 0 Å². The van der Waals surface area contributed by atoms with E-state index < -0.39 is 17.9 Å². The van der Waals surface area contributed by atoms with Crippen molar-refractivity contribution < 1.29 is 31.8 Å². The molecule has 0 amide bonds. The van der Waals surface area contributed by atoms with Gasteiger partial charge in [0.1, 0.15) is 0 Å². The standard InChI is InChI=1S/C18H20F4O3/c1-11-9-23-17(24-10-11)13-4-2-12(3-5-13)14-6-7-16(15(19)8-14)25-18(20,21)22/h2,6-8,11,13,17H,3-5,9-10H2,1H3. The van der Waals surface area contributed by atoms with E-state index in [1.807, 2.05) is 6.08 Å². The second-order valence-electron chi connectivity index (χ2n) is 6.60. The van der Waals surface area contributed by atoms with Crippen LogP contribution in [0, 0.1) is 17.7 Å². The van der Waals surface area contributed by atoms with Gasteiger partial charge in [0, 0.05) is 11.8 Å². The Hall–Kier alpha value is -1.60. The van der Waals surface area contributed by atoms with Crippen LogP contribution in [0.3, 0.4) is 0 Å². The number of hydrogen-bond donors (Lipinski definition) is 0. The lowest BCUT2D eigenvalue weighted by molar-refractivity contribution is -0.275. The molecule has 2 aliphatic rings. The number of alkyl halides is 3. The highest BCUT2D eigenvalue weighted by molar-refractivity contribution is 5.67. The van der Waals surface area contributed by atoms with Crippen LogP contribution in [-0.2, 0) is 9.47 Å². The smallest absolute Gasteiger partial charge is 0.403 e. The van der Waals surface area contributed by atoms with Crippen LogP contribution >= 0.6 is 0 Å². The van der Waals surface area contributed by atoms with E-state index in [1.54, 1.807) is 0 Å². The van der Waals surface area contributed by atoms with E-state index in [4.69, 9.17) is 9.47 Å². The van der Waals surface area contributed by atoms with Gasteiger partial charge in [-0.3, -0.25) is 0 Å². The predicted octanol–water partition coefficient (Wildman–Crippen LogP) is 4.92. The molecule has 3 rings (SSSR count). The van der Waals surface area contributed by atoms with Crippen LogP contribution in [0.1, 0.15) is 31.7 Å². The lowest BCUT2D eigenvalue weighted by Crippen LogP contribution is -2.36. The molecule has 0 bridgehead atoms. The van der Waals surface area contributed by atoms with E-state index >= 15 is 0 Å². The summed E-state index contributed by atoms with van der Waals surface area (Å²) in [6.45, 7) is 3.43. The highest BCUT2D eigenvalue weighted by atomic mass is 19.4. The summed E-state index contributed by atoms with van der Waals surface area (Å²) < 4.78 is 65.5. The molecule has 3 nitrogen and oxygen atoms in total. The molecule has 0 radical (unpaired) electrons. The summed E-state index contributed by atoms with van der Waals surface area (Å²) in [5.41, 5.74) is 1.49. The number of ether oxygens (including phenoxy) is 3. The topological polar surface area (TPSA) is 27.7 Å². The average molecular weight is 360 g/mol. The van der Waals surface area contributed by atoms with Crippen molar-refractivity contribution in [2.75, 3.05) is 13.2 Å². The van der Waals surface area contributed by atoms with Gasteiger partial charge in [0.2, 0.25) is 0 Å². The first-order valence-corrected chi connectivity index (χ1v) is 8.30. The fraction of sp³-hybridized carbons (Fsp3) is 0.556. The highest BCUT2D eigenvalue weighted by Crippen LogP contribution is 2.36. The van der Waals surface area contributed by atoms with Gasteiger partial charge in [0.25, 0.3) is 0 Å². The van der Waals surface area contributed by atoms with Gasteiger partial charge in [-0.25, -0.2) is 4.39 Å². The third kappa shape index (κ3) is 4.73. The van der Waals surface area contributed by atoms with E-state index in [0.29, 0.717) is 31.1 Å². The summed E-state index contributed by atoms with van der Waals surface area (Å²) in [6.07, 6.45) is -0.880. The number of benzene rings is 1. The molecule has 1 unspecified atom stereocenters. The molecule has 1 atom stereocenters. The molecule has 0 saturated carbocycles. The monoisotopic (exact) mass is 360 g/mol. The van der Waals surface area contributed by atoms with Crippen molar-refractivity contribution in [1.82, 2.24) is 0 Å².